The van der Waals surface area contributed by atoms with Crippen molar-refractivity contribution in [1.82, 2.24) is 10.4 Å². The molecule has 1 N–H and O–H groups in total. The number of hydrogen-bond donors (Lipinski definition) is 1. The van der Waals surface area contributed by atoms with Gasteiger partial charge in [0.05, 0.1) is 23.0 Å². The minimum atomic E-state index is -0.839. The number of nitriles is 1. The molecule has 1 aliphatic rings. The highest BCUT2D eigenvalue weighted by Gasteiger charge is 2.35. The van der Waals surface area contributed by atoms with Gasteiger partial charge in [0.15, 0.2) is 5.66 Å². The van der Waals surface area contributed by atoms with E-state index in [1.165, 1.54) is 17.3 Å². The van der Waals surface area contributed by atoms with Gasteiger partial charge < -0.3 is 0 Å². The number of hydrogen-bond acceptors (Lipinski definition) is 6. The molecule has 0 aliphatic carbocycles. The van der Waals surface area contributed by atoms with E-state index < -0.39 is 11.5 Å². The Hall–Kier alpha value is -3.63. The Kier molecular flexibility index (Phi) is 4.11. The van der Waals surface area contributed by atoms with E-state index in [-0.39, 0.29) is 0 Å². The molecule has 132 valence electrons. The molecule has 0 bridgehead atoms. The van der Waals surface area contributed by atoms with Gasteiger partial charge in [-0.05, 0) is 54.4 Å². The van der Waals surface area contributed by atoms with Gasteiger partial charge in [0.2, 0.25) is 0 Å². The molecule has 1 atom stereocenters. The van der Waals surface area contributed by atoms with Gasteiger partial charge in [-0.25, -0.2) is 4.39 Å². The maximum absolute atomic E-state index is 14.3. The van der Waals surface area contributed by atoms with Gasteiger partial charge in [-0.2, -0.15) is 15.8 Å². The van der Waals surface area contributed by atoms with Crippen molar-refractivity contribution < 1.29 is 4.39 Å². The first-order valence-corrected chi connectivity index (χ1v) is 8.31. The van der Waals surface area contributed by atoms with E-state index in [0.717, 1.165) is 5.56 Å². The second-order valence-corrected chi connectivity index (χ2v) is 6.29. The third-order valence-corrected chi connectivity index (χ3v) is 4.27. The van der Waals surface area contributed by atoms with Gasteiger partial charge in [-0.15, -0.1) is 5.11 Å². The second kappa shape index (κ2) is 6.59. The highest BCUT2D eigenvalue weighted by Crippen LogP contribution is 2.32. The Morgan fingerprint density at radius 2 is 1.96 bits per heavy atom. The normalized spacial score (nSPS) is 18.5. The molecular weight excluding hydrogens is 343 g/mol. The summed E-state index contributed by atoms with van der Waals surface area (Å²) in [6.07, 6.45) is 1.68. The van der Waals surface area contributed by atoms with Crippen LogP contribution in [-0.2, 0) is 5.66 Å². The van der Waals surface area contributed by atoms with E-state index in [4.69, 9.17) is 5.26 Å². The summed E-state index contributed by atoms with van der Waals surface area (Å²) >= 11 is 0. The monoisotopic (exact) mass is 358 g/mol. The number of pyridine rings is 1. The van der Waals surface area contributed by atoms with Gasteiger partial charge in [0, 0.05) is 12.3 Å². The first-order chi connectivity index (χ1) is 13.1. The summed E-state index contributed by atoms with van der Waals surface area (Å²) in [6.45, 7) is 1.84. The maximum Gasteiger partial charge on any atom is 0.191 e. The lowest BCUT2D eigenvalue weighted by Crippen LogP contribution is -2.42. The van der Waals surface area contributed by atoms with Crippen molar-refractivity contribution in [2.24, 2.45) is 10.3 Å². The van der Waals surface area contributed by atoms with E-state index >= 15 is 0 Å². The summed E-state index contributed by atoms with van der Waals surface area (Å²) < 4.78 is 14.3. The molecule has 0 fully saturated rings. The summed E-state index contributed by atoms with van der Waals surface area (Å²) in [5.41, 5.74) is 5.41. The van der Waals surface area contributed by atoms with Crippen LogP contribution in [0.2, 0.25) is 0 Å². The number of rotatable bonds is 3. The molecule has 7 heteroatoms. The molecule has 4 rings (SSSR count). The molecule has 1 unspecified atom stereocenters. The summed E-state index contributed by atoms with van der Waals surface area (Å²) in [5.74, 6) is -0.409. The molecular formula is C20H15FN6. The zero-order valence-corrected chi connectivity index (χ0v) is 14.5. The van der Waals surface area contributed by atoms with Gasteiger partial charge in [0.1, 0.15) is 5.82 Å². The van der Waals surface area contributed by atoms with Crippen LogP contribution < -0.4 is 10.5 Å². The van der Waals surface area contributed by atoms with Gasteiger partial charge in [-0.1, -0.05) is 23.4 Å². The molecule has 6 nitrogen and oxygen atoms in total. The summed E-state index contributed by atoms with van der Waals surface area (Å²) in [4.78, 5) is 4.31. The molecule has 1 aliphatic heterocycles. The number of nitrogens with zero attached hydrogens (tertiary/aromatic N) is 5. The largest absolute Gasteiger partial charge is 0.257 e. The van der Waals surface area contributed by atoms with Crippen LogP contribution in [0.5, 0.6) is 0 Å². The average molecular weight is 358 g/mol. The number of aromatic nitrogens is 1. The number of halogens is 1. The topological polar surface area (TPSA) is 76.7 Å². The standard InChI is InChI=1S/C20H15FN6/c1-20(19-7-2-3-8-23-19)24-26-27(25-20)18-11-16(10-17(21)12-18)15-6-4-5-14(9-15)13-22/h2-12,25H,1H3. The molecule has 1 aromatic heterocycles. The zero-order valence-electron chi connectivity index (χ0n) is 14.5. The molecule has 2 aromatic carbocycles. The van der Waals surface area contributed by atoms with Crippen molar-refractivity contribution in [2.75, 3.05) is 5.12 Å². The fourth-order valence-electron chi connectivity index (χ4n) is 2.89. The van der Waals surface area contributed by atoms with Gasteiger partial charge >= 0.3 is 0 Å². The number of nitrogens with one attached hydrogen (secondary N) is 1. The van der Waals surface area contributed by atoms with Crippen LogP contribution in [0, 0.1) is 17.1 Å². The highest BCUT2D eigenvalue weighted by molar-refractivity contribution is 5.69. The third-order valence-electron chi connectivity index (χ3n) is 4.27. The minimum Gasteiger partial charge on any atom is -0.257 e. The first-order valence-electron chi connectivity index (χ1n) is 8.31. The number of benzene rings is 2. The van der Waals surface area contributed by atoms with Crippen molar-refractivity contribution in [2.45, 2.75) is 12.6 Å². The molecule has 27 heavy (non-hydrogen) atoms. The summed E-state index contributed by atoms with van der Waals surface area (Å²) in [7, 11) is 0. The summed E-state index contributed by atoms with van der Waals surface area (Å²) in [5, 5.41) is 18.9. The number of anilines is 1. The summed E-state index contributed by atoms with van der Waals surface area (Å²) in [6, 6.07) is 19.2. The predicted molar refractivity (Wildman–Crippen MR) is 98.6 cm³/mol. The molecule has 3 aromatic rings. The second-order valence-electron chi connectivity index (χ2n) is 6.29. The minimum absolute atomic E-state index is 0.409. The SMILES string of the molecule is CC1(c2ccccn2)N=NN(c2cc(F)cc(-c3cccc(C#N)c3)c2)N1. The van der Waals surface area contributed by atoms with E-state index in [1.54, 1.807) is 30.5 Å². The quantitative estimate of drug-likeness (QED) is 0.756. The Morgan fingerprint density at radius 1 is 1.07 bits per heavy atom. The predicted octanol–water partition coefficient (Wildman–Crippen LogP) is 4.32. The highest BCUT2D eigenvalue weighted by atomic mass is 19.1. The molecule has 0 saturated heterocycles. The van der Waals surface area contributed by atoms with E-state index in [2.05, 4.69) is 26.8 Å². The van der Waals surface area contributed by atoms with Crippen molar-refractivity contribution in [3.63, 3.8) is 0 Å². The van der Waals surface area contributed by atoms with E-state index in [0.29, 0.717) is 22.5 Å². The first kappa shape index (κ1) is 16.8. The van der Waals surface area contributed by atoms with Crippen molar-refractivity contribution in [3.8, 4) is 17.2 Å². The third kappa shape index (κ3) is 3.26. The van der Waals surface area contributed by atoms with Gasteiger partial charge in [0.25, 0.3) is 0 Å². The van der Waals surface area contributed by atoms with Gasteiger partial charge in [-0.3, -0.25) is 4.98 Å². The Balaban J connectivity index is 1.67. The maximum atomic E-state index is 14.3. The number of hydrazine groups is 1. The molecule has 0 saturated carbocycles. The zero-order chi connectivity index (χ0) is 18.9. The van der Waals surface area contributed by atoms with Crippen molar-refractivity contribution >= 4 is 5.69 Å². The van der Waals surface area contributed by atoms with Crippen LogP contribution >= 0.6 is 0 Å². The fraction of sp³-hybridized carbons (Fsp3) is 0.100. The lowest BCUT2D eigenvalue weighted by molar-refractivity contribution is 0.411. The average Bonchev–Trinajstić information content (AvgIpc) is 3.12. The molecule has 0 radical (unpaired) electrons. The lowest BCUT2D eigenvalue weighted by Gasteiger charge is -2.22. The van der Waals surface area contributed by atoms with Crippen molar-refractivity contribution in [3.05, 3.63) is 83.9 Å². The van der Waals surface area contributed by atoms with Crippen LogP contribution in [-0.4, -0.2) is 4.98 Å². The molecule has 0 amide bonds. The van der Waals surface area contributed by atoms with Crippen LogP contribution in [0.1, 0.15) is 18.2 Å². The Morgan fingerprint density at radius 3 is 2.74 bits per heavy atom. The van der Waals surface area contributed by atoms with Crippen LogP contribution in [0.25, 0.3) is 11.1 Å². The van der Waals surface area contributed by atoms with Crippen LogP contribution in [0.3, 0.4) is 0 Å². The van der Waals surface area contributed by atoms with Crippen LogP contribution in [0.15, 0.2) is 77.2 Å². The smallest absolute Gasteiger partial charge is 0.191 e. The Labute approximate surface area is 155 Å². The van der Waals surface area contributed by atoms with Crippen molar-refractivity contribution in [1.29, 1.82) is 5.26 Å². The fourth-order valence-corrected chi connectivity index (χ4v) is 2.89. The van der Waals surface area contributed by atoms with E-state index in [1.807, 2.05) is 31.2 Å². The molecule has 2 heterocycles. The Bertz CT molecular complexity index is 1060. The molecule has 0 spiro atoms. The van der Waals surface area contributed by atoms with E-state index in [9.17, 15) is 4.39 Å². The van der Waals surface area contributed by atoms with Crippen LogP contribution in [0.4, 0.5) is 10.1 Å². The lowest BCUT2D eigenvalue weighted by atomic mass is 10.0.